The average Bonchev–Trinajstić information content (AvgIpc) is 3.07. The van der Waals surface area contributed by atoms with Gasteiger partial charge in [0, 0.05) is 17.4 Å². The summed E-state index contributed by atoms with van der Waals surface area (Å²) in [7, 11) is 0. The molecule has 0 radical (unpaired) electrons. The number of aliphatic hydroxyl groups is 3. The zero-order valence-electron chi connectivity index (χ0n) is 17.6. The van der Waals surface area contributed by atoms with Crippen LogP contribution in [0.2, 0.25) is 0 Å². The highest BCUT2D eigenvalue weighted by Gasteiger charge is 2.68. The van der Waals surface area contributed by atoms with Crippen molar-refractivity contribution in [3.8, 4) is 11.5 Å². The molecule has 0 bridgehead atoms. The van der Waals surface area contributed by atoms with E-state index >= 15 is 0 Å². The second-order valence-corrected chi connectivity index (χ2v) is 10.2. The van der Waals surface area contributed by atoms with Crippen LogP contribution in [0.4, 0.5) is 0 Å². The van der Waals surface area contributed by atoms with Gasteiger partial charge in [-0.2, -0.15) is 0 Å². The van der Waals surface area contributed by atoms with Crippen LogP contribution in [0.25, 0.3) is 0 Å². The van der Waals surface area contributed by atoms with E-state index in [9.17, 15) is 25.2 Å². The number of benzene rings is 1. The lowest BCUT2D eigenvalue weighted by molar-refractivity contribution is -0.240. The van der Waals surface area contributed by atoms with Crippen LogP contribution in [0.15, 0.2) is 6.07 Å². The molecule has 2 fully saturated rings. The molecule has 2 aliphatic carbocycles. The molecule has 1 spiro atoms. The van der Waals surface area contributed by atoms with Crippen molar-refractivity contribution in [2.24, 2.45) is 22.7 Å². The van der Waals surface area contributed by atoms with Gasteiger partial charge in [0.15, 0.2) is 6.29 Å². The molecule has 1 heterocycles. The Kier molecular flexibility index (Phi) is 4.58. The molecule has 3 aliphatic rings. The van der Waals surface area contributed by atoms with Crippen LogP contribution in [0.5, 0.6) is 11.5 Å². The zero-order valence-corrected chi connectivity index (χ0v) is 17.6. The first kappa shape index (κ1) is 20.6. The molecule has 1 aromatic rings. The zero-order chi connectivity index (χ0) is 21.4. The Morgan fingerprint density at radius 1 is 1.24 bits per heavy atom. The molecule has 1 aromatic carbocycles. The van der Waals surface area contributed by atoms with Crippen LogP contribution in [0.3, 0.4) is 0 Å². The number of aldehydes is 1. The van der Waals surface area contributed by atoms with E-state index in [2.05, 4.69) is 13.8 Å². The van der Waals surface area contributed by atoms with Crippen molar-refractivity contribution < 1.29 is 30.0 Å². The number of aromatic hydroxyl groups is 1. The largest absolute Gasteiger partial charge is 0.508 e. The van der Waals surface area contributed by atoms with E-state index in [1.165, 1.54) is 6.07 Å². The van der Waals surface area contributed by atoms with Gasteiger partial charge >= 0.3 is 0 Å². The number of carbonyl (C=O) groups is 1. The minimum Gasteiger partial charge on any atom is -0.508 e. The number of hydrogen-bond donors (Lipinski definition) is 4. The summed E-state index contributed by atoms with van der Waals surface area (Å²) in [6.45, 7) is 7.90. The summed E-state index contributed by atoms with van der Waals surface area (Å²) in [4.78, 5) is 11.8. The predicted octanol–water partition coefficient (Wildman–Crippen LogP) is 2.57. The van der Waals surface area contributed by atoms with E-state index in [-0.39, 0.29) is 29.8 Å². The molecule has 2 saturated carbocycles. The Morgan fingerprint density at radius 2 is 1.93 bits per heavy atom. The van der Waals surface area contributed by atoms with Gasteiger partial charge in [0.2, 0.25) is 0 Å². The first-order valence-corrected chi connectivity index (χ1v) is 10.5. The van der Waals surface area contributed by atoms with E-state index < -0.39 is 28.6 Å². The van der Waals surface area contributed by atoms with Gasteiger partial charge in [0.1, 0.15) is 17.1 Å². The summed E-state index contributed by atoms with van der Waals surface area (Å²) < 4.78 is 6.65. The number of fused-ring (bicyclic) bond motifs is 3. The molecule has 0 aromatic heterocycles. The number of carbonyl (C=O) groups excluding carboxylic acids is 1. The number of phenols is 1. The minimum atomic E-state index is -0.868. The number of rotatable bonds is 2. The normalized spacial score (nSPS) is 40.2. The maximum absolute atomic E-state index is 11.8. The molecule has 0 amide bonds. The fraction of sp³-hybridized carbons (Fsp3) is 0.696. The molecule has 1 aliphatic heterocycles. The Balaban J connectivity index is 1.89. The molecule has 4 rings (SSSR count). The Morgan fingerprint density at radius 3 is 2.55 bits per heavy atom. The number of ether oxygens (including phenoxy) is 1. The molecule has 6 atom stereocenters. The van der Waals surface area contributed by atoms with E-state index in [1.807, 2.05) is 13.8 Å². The maximum atomic E-state index is 11.8. The molecule has 6 nitrogen and oxygen atoms in total. The van der Waals surface area contributed by atoms with Crippen molar-refractivity contribution in [1.82, 2.24) is 0 Å². The molecule has 0 unspecified atom stereocenters. The fourth-order valence-corrected chi connectivity index (χ4v) is 6.96. The van der Waals surface area contributed by atoms with Crippen LogP contribution in [-0.2, 0) is 13.0 Å². The first-order valence-electron chi connectivity index (χ1n) is 10.5. The van der Waals surface area contributed by atoms with Gasteiger partial charge in [-0.25, -0.2) is 0 Å². The molecule has 160 valence electrons. The van der Waals surface area contributed by atoms with Crippen molar-refractivity contribution in [3.63, 3.8) is 0 Å². The summed E-state index contributed by atoms with van der Waals surface area (Å²) >= 11 is 0. The highest BCUT2D eigenvalue weighted by Crippen LogP contribution is 2.66. The second-order valence-electron chi connectivity index (χ2n) is 10.2. The van der Waals surface area contributed by atoms with Gasteiger partial charge in [-0.3, -0.25) is 4.79 Å². The van der Waals surface area contributed by atoms with E-state index in [0.717, 1.165) is 12.8 Å². The summed E-state index contributed by atoms with van der Waals surface area (Å²) in [5, 5.41) is 41.8. The third-order valence-corrected chi connectivity index (χ3v) is 8.57. The number of aliphatic hydroxyl groups excluding tert-OH is 3. The topological polar surface area (TPSA) is 107 Å². The van der Waals surface area contributed by atoms with Gasteiger partial charge in [0.25, 0.3) is 0 Å². The standard InChI is InChI=1S/C23H32O6/c1-12-5-6-18-21(2,3)20(28)17(27)9-22(18,4)23(12)8-14-16(26)7-13(10-24)15(11-25)19(14)29-23/h7,11-12,17-18,20,24,26-28H,5-6,8-10H2,1-4H3/t12-,17-,18-,20-,22+,23-/m1/s1. The van der Waals surface area contributed by atoms with Crippen LogP contribution < -0.4 is 4.74 Å². The molecule has 29 heavy (non-hydrogen) atoms. The fourth-order valence-electron chi connectivity index (χ4n) is 6.96. The second kappa shape index (κ2) is 6.43. The van der Waals surface area contributed by atoms with Gasteiger partial charge in [-0.15, -0.1) is 0 Å². The lowest BCUT2D eigenvalue weighted by atomic mass is 9.43. The Labute approximate surface area is 171 Å². The average molecular weight is 405 g/mol. The van der Waals surface area contributed by atoms with Crippen molar-refractivity contribution in [3.05, 3.63) is 22.8 Å². The number of hydrogen-bond acceptors (Lipinski definition) is 6. The van der Waals surface area contributed by atoms with Gasteiger partial charge in [-0.1, -0.05) is 27.7 Å². The molecule has 4 N–H and O–H groups in total. The third kappa shape index (κ3) is 2.49. The van der Waals surface area contributed by atoms with Crippen LogP contribution in [0.1, 0.15) is 68.4 Å². The first-order chi connectivity index (χ1) is 13.5. The highest BCUT2D eigenvalue weighted by molar-refractivity contribution is 5.84. The van der Waals surface area contributed by atoms with Crippen molar-refractivity contribution in [1.29, 1.82) is 0 Å². The smallest absolute Gasteiger partial charge is 0.154 e. The van der Waals surface area contributed by atoms with Gasteiger partial charge < -0.3 is 25.2 Å². The van der Waals surface area contributed by atoms with Crippen molar-refractivity contribution >= 4 is 6.29 Å². The van der Waals surface area contributed by atoms with Crippen LogP contribution >= 0.6 is 0 Å². The Bertz CT molecular complexity index is 848. The molecule has 0 saturated heterocycles. The van der Waals surface area contributed by atoms with E-state index in [0.29, 0.717) is 36.0 Å². The lowest BCUT2D eigenvalue weighted by Gasteiger charge is -2.64. The van der Waals surface area contributed by atoms with E-state index in [1.54, 1.807) is 0 Å². The molecule has 6 heteroatoms. The van der Waals surface area contributed by atoms with Crippen molar-refractivity contribution in [2.75, 3.05) is 0 Å². The maximum Gasteiger partial charge on any atom is 0.154 e. The summed E-state index contributed by atoms with van der Waals surface area (Å²) in [6, 6.07) is 1.45. The summed E-state index contributed by atoms with van der Waals surface area (Å²) in [6.07, 6.45) is 1.65. The summed E-state index contributed by atoms with van der Waals surface area (Å²) in [5.74, 6) is 0.625. The van der Waals surface area contributed by atoms with Gasteiger partial charge in [0.05, 0.1) is 24.4 Å². The third-order valence-electron chi connectivity index (χ3n) is 8.57. The van der Waals surface area contributed by atoms with Gasteiger partial charge in [-0.05, 0) is 48.1 Å². The van der Waals surface area contributed by atoms with Crippen LogP contribution in [0, 0.1) is 22.7 Å². The predicted molar refractivity (Wildman–Crippen MR) is 107 cm³/mol. The molecular weight excluding hydrogens is 372 g/mol. The Hall–Kier alpha value is -1.63. The quantitative estimate of drug-likeness (QED) is 0.565. The monoisotopic (exact) mass is 404 g/mol. The lowest BCUT2D eigenvalue weighted by Crippen LogP contribution is -2.69. The van der Waals surface area contributed by atoms with Crippen LogP contribution in [-0.4, -0.2) is 44.5 Å². The summed E-state index contributed by atoms with van der Waals surface area (Å²) in [5.41, 5.74) is -0.443. The highest BCUT2D eigenvalue weighted by atomic mass is 16.5. The van der Waals surface area contributed by atoms with E-state index in [4.69, 9.17) is 4.74 Å². The SMILES string of the molecule is C[C@@H]1CC[C@@H]2C(C)(C)[C@H](O)[C@H](O)C[C@]2(C)[C@@]12Cc1c(O)cc(CO)c(C=O)c1O2. The minimum absolute atomic E-state index is 0.0279. The number of phenolic OH excluding ortho intramolecular Hbond substituents is 1. The van der Waals surface area contributed by atoms with Crippen molar-refractivity contribution in [2.45, 2.75) is 77.8 Å². The molecular formula is C23H32O6.